The molecule has 0 amide bonds. The van der Waals surface area contributed by atoms with Crippen molar-refractivity contribution in [3.05, 3.63) is 35.2 Å². The van der Waals surface area contributed by atoms with E-state index in [4.69, 9.17) is 6.57 Å². The normalized spacial score (nSPS) is 23.8. The molecule has 1 aliphatic rings. The molecule has 1 aliphatic heterocycles. The Balaban J connectivity index is 2.42. The zero-order valence-electron chi connectivity index (χ0n) is 13.0. The number of rotatable bonds is 2. The SMILES string of the molecule is [C-]#[N+]c1ccc(N=C(NO)C2(C)CC(C(F)(F)F)N=N2)cc1C(F)(F)F. The molecular formula is C14H11F6N5O. The van der Waals surface area contributed by atoms with Gasteiger partial charge in [0, 0.05) is 6.42 Å². The largest absolute Gasteiger partial charge is 0.412 e. The molecule has 0 radical (unpaired) electrons. The van der Waals surface area contributed by atoms with E-state index in [0.717, 1.165) is 12.1 Å². The molecule has 2 atom stereocenters. The monoisotopic (exact) mass is 379 g/mol. The van der Waals surface area contributed by atoms with E-state index >= 15 is 0 Å². The van der Waals surface area contributed by atoms with Crippen LogP contribution in [-0.4, -0.2) is 28.8 Å². The van der Waals surface area contributed by atoms with Crippen LogP contribution in [0.2, 0.25) is 0 Å². The minimum Gasteiger partial charge on any atom is -0.290 e. The molecule has 1 aromatic carbocycles. The van der Waals surface area contributed by atoms with Crippen molar-refractivity contribution in [2.24, 2.45) is 15.2 Å². The van der Waals surface area contributed by atoms with Crippen LogP contribution in [0.25, 0.3) is 4.85 Å². The molecule has 26 heavy (non-hydrogen) atoms. The lowest BCUT2D eigenvalue weighted by Crippen LogP contribution is -2.43. The molecule has 0 saturated carbocycles. The first-order valence-corrected chi connectivity index (χ1v) is 6.97. The summed E-state index contributed by atoms with van der Waals surface area (Å²) in [5.74, 6) is -0.503. The molecule has 0 bridgehead atoms. The second-order valence-corrected chi connectivity index (χ2v) is 5.63. The first kappa shape index (κ1) is 19.6. The molecular weight excluding hydrogens is 368 g/mol. The average Bonchev–Trinajstić information content (AvgIpc) is 2.95. The van der Waals surface area contributed by atoms with Crippen LogP contribution >= 0.6 is 0 Å². The second kappa shape index (κ2) is 6.56. The number of amidine groups is 1. The summed E-state index contributed by atoms with van der Waals surface area (Å²) in [6.07, 6.45) is -10.1. The van der Waals surface area contributed by atoms with E-state index in [9.17, 15) is 31.5 Å². The number of azo groups is 1. The van der Waals surface area contributed by atoms with E-state index < -0.39 is 47.4 Å². The number of nitrogens with zero attached hydrogens (tertiary/aromatic N) is 4. The van der Waals surface area contributed by atoms with E-state index in [1.807, 2.05) is 0 Å². The first-order chi connectivity index (χ1) is 11.9. The van der Waals surface area contributed by atoms with Crippen molar-refractivity contribution in [2.75, 3.05) is 0 Å². The Kier molecular flexibility index (Phi) is 4.96. The third-order valence-corrected chi connectivity index (χ3v) is 3.65. The summed E-state index contributed by atoms with van der Waals surface area (Å²) in [4.78, 5) is 6.49. The molecule has 2 N–H and O–H groups in total. The molecule has 0 fully saturated rings. The maximum Gasteiger partial charge on any atom is 0.412 e. The Morgan fingerprint density at radius 2 is 2.00 bits per heavy atom. The van der Waals surface area contributed by atoms with Gasteiger partial charge in [0.05, 0.1) is 17.8 Å². The van der Waals surface area contributed by atoms with Crippen LogP contribution in [0.3, 0.4) is 0 Å². The van der Waals surface area contributed by atoms with Gasteiger partial charge in [0.25, 0.3) is 0 Å². The average molecular weight is 379 g/mol. The lowest BCUT2D eigenvalue weighted by molar-refractivity contribution is -0.147. The highest BCUT2D eigenvalue weighted by atomic mass is 19.4. The topological polar surface area (TPSA) is 73.7 Å². The van der Waals surface area contributed by atoms with Gasteiger partial charge in [-0.3, -0.25) is 10.7 Å². The smallest absolute Gasteiger partial charge is 0.290 e. The zero-order valence-corrected chi connectivity index (χ0v) is 13.0. The molecule has 0 saturated heterocycles. The van der Waals surface area contributed by atoms with Crippen LogP contribution in [0.1, 0.15) is 18.9 Å². The lowest BCUT2D eigenvalue weighted by Gasteiger charge is -2.22. The molecule has 0 aliphatic carbocycles. The molecule has 6 nitrogen and oxygen atoms in total. The summed E-state index contributed by atoms with van der Waals surface area (Å²) in [7, 11) is 0. The second-order valence-electron chi connectivity index (χ2n) is 5.63. The van der Waals surface area contributed by atoms with Gasteiger partial charge in [0.2, 0.25) is 0 Å². The number of benzene rings is 1. The van der Waals surface area contributed by atoms with Crippen LogP contribution < -0.4 is 5.48 Å². The highest BCUT2D eigenvalue weighted by molar-refractivity contribution is 5.93. The van der Waals surface area contributed by atoms with Gasteiger partial charge in [-0.15, -0.1) is 0 Å². The van der Waals surface area contributed by atoms with Gasteiger partial charge >= 0.3 is 12.4 Å². The van der Waals surface area contributed by atoms with Crippen molar-refractivity contribution in [3.63, 3.8) is 0 Å². The molecule has 2 unspecified atom stereocenters. The molecule has 140 valence electrons. The van der Waals surface area contributed by atoms with Gasteiger partial charge in [-0.25, -0.2) is 9.84 Å². The molecule has 1 heterocycles. The summed E-state index contributed by atoms with van der Waals surface area (Å²) < 4.78 is 77.1. The minimum atomic E-state index is -4.82. The summed E-state index contributed by atoms with van der Waals surface area (Å²) in [5.41, 5.74) is -2.36. The highest BCUT2D eigenvalue weighted by Gasteiger charge is 2.50. The lowest BCUT2D eigenvalue weighted by atomic mass is 9.94. The molecule has 12 heteroatoms. The molecule has 0 aromatic heterocycles. The number of hydrogen-bond acceptors (Lipinski definition) is 4. The molecule has 2 rings (SSSR count). The van der Waals surface area contributed by atoms with E-state index in [0.29, 0.717) is 6.07 Å². The van der Waals surface area contributed by atoms with Crippen LogP contribution in [0.15, 0.2) is 33.4 Å². The van der Waals surface area contributed by atoms with Gasteiger partial charge in [-0.05, 0) is 19.1 Å². The Hall–Kier alpha value is -2.68. The van der Waals surface area contributed by atoms with Crippen LogP contribution in [0, 0.1) is 6.57 Å². The number of nitrogens with one attached hydrogen (secondary N) is 1. The predicted octanol–water partition coefficient (Wildman–Crippen LogP) is 4.81. The van der Waals surface area contributed by atoms with Gasteiger partial charge in [0.1, 0.15) is 5.54 Å². The fourth-order valence-electron chi connectivity index (χ4n) is 2.29. The van der Waals surface area contributed by atoms with E-state index in [1.54, 1.807) is 5.48 Å². The van der Waals surface area contributed by atoms with E-state index in [-0.39, 0.29) is 5.69 Å². The summed E-state index contributed by atoms with van der Waals surface area (Å²) in [6.45, 7) is 7.96. The molecule has 1 aromatic rings. The maximum atomic E-state index is 13.0. The summed E-state index contributed by atoms with van der Waals surface area (Å²) in [6, 6.07) is 0.389. The quantitative estimate of drug-likeness (QED) is 0.254. The van der Waals surface area contributed by atoms with E-state index in [2.05, 4.69) is 20.1 Å². The van der Waals surface area contributed by atoms with Gasteiger partial charge in [-0.1, -0.05) is 6.07 Å². The third kappa shape index (κ3) is 3.93. The minimum absolute atomic E-state index is 0.326. The van der Waals surface area contributed by atoms with Crippen molar-refractivity contribution >= 4 is 17.2 Å². The number of alkyl halides is 6. The van der Waals surface area contributed by atoms with Crippen molar-refractivity contribution in [3.8, 4) is 0 Å². The van der Waals surface area contributed by atoms with Crippen molar-refractivity contribution in [2.45, 2.75) is 37.3 Å². The maximum absolute atomic E-state index is 13.0. The van der Waals surface area contributed by atoms with Crippen molar-refractivity contribution in [1.29, 1.82) is 0 Å². The van der Waals surface area contributed by atoms with Gasteiger partial charge in [-0.2, -0.15) is 36.6 Å². The van der Waals surface area contributed by atoms with Gasteiger partial charge in [0.15, 0.2) is 17.6 Å². The van der Waals surface area contributed by atoms with Crippen LogP contribution in [0.4, 0.5) is 37.7 Å². The molecule has 0 spiro atoms. The summed E-state index contributed by atoms with van der Waals surface area (Å²) in [5, 5.41) is 15.8. The predicted molar refractivity (Wildman–Crippen MR) is 77.4 cm³/mol. The number of hydroxylamine groups is 1. The van der Waals surface area contributed by atoms with Crippen LogP contribution in [-0.2, 0) is 6.18 Å². The Labute approximate surface area is 143 Å². The van der Waals surface area contributed by atoms with Crippen molar-refractivity contribution in [1.82, 2.24) is 5.48 Å². The summed E-state index contributed by atoms with van der Waals surface area (Å²) >= 11 is 0. The Morgan fingerprint density at radius 3 is 2.46 bits per heavy atom. The number of halogens is 6. The standard InChI is InChI=1S/C14H11F6N5O/c1-12(6-10(23-25-12)14(18,19)20)11(24-26)22-7-3-4-9(21-2)8(5-7)13(15,16)17/h3-5,10,26H,6H2,1H3,(H,22,24). The Bertz CT molecular complexity index is 794. The van der Waals surface area contributed by atoms with Crippen molar-refractivity contribution < 1.29 is 31.5 Å². The van der Waals surface area contributed by atoms with E-state index in [1.165, 1.54) is 6.92 Å². The fraction of sp³-hybridized carbons (Fsp3) is 0.429. The fourth-order valence-corrected chi connectivity index (χ4v) is 2.29. The zero-order chi connectivity index (χ0) is 19.8. The highest BCUT2D eigenvalue weighted by Crippen LogP contribution is 2.40. The van der Waals surface area contributed by atoms with Gasteiger partial charge < -0.3 is 0 Å². The third-order valence-electron chi connectivity index (χ3n) is 3.65. The van der Waals surface area contributed by atoms with Crippen LogP contribution in [0.5, 0.6) is 0 Å². The number of aliphatic imine (C=N–C) groups is 1. The number of hydrogen-bond donors (Lipinski definition) is 2. The first-order valence-electron chi connectivity index (χ1n) is 6.97. The Morgan fingerprint density at radius 1 is 1.35 bits per heavy atom.